The van der Waals surface area contributed by atoms with Crippen LogP contribution >= 0.6 is 0 Å². The van der Waals surface area contributed by atoms with E-state index in [-0.39, 0.29) is 18.9 Å². The van der Waals surface area contributed by atoms with Gasteiger partial charge in [-0.15, -0.1) is 5.10 Å². The van der Waals surface area contributed by atoms with E-state index in [1.54, 1.807) is 10.6 Å². The van der Waals surface area contributed by atoms with Gasteiger partial charge in [0.05, 0.1) is 29.2 Å². The number of ether oxygens (including phenoxy) is 1. The Bertz CT molecular complexity index is 956. The van der Waals surface area contributed by atoms with Crippen LogP contribution < -0.4 is 11.1 Å². The van der Waals surface area contributed by atoms with Crippen molar-refractivity contribution in [2.45, 2.75) is 0 Å². The number of rotatable bonds is 8. The first-order valence-electron chi connectivity index (χ1n) is 8.96. The summed E-state index contributed by atoms with van der Waals surface area (Å²) in [7, 11) is 4.02. The van der Waals surface area contributed by atoms with E-state index in [2.05, 4.69) is 15.3 Å². The molecule has 0 saturated carbocycles. The van der Waals surface area contributed by atoms with Crippen LogP contribution in [0.1, 0.15) is 0 Å². The van der Waals surface area contributed by atoms with Crippen LogP contribution in [0.5, 0.6) is 0 Å². The zero-order valence-electron chi connectivity index (χ0n) is 16.0. The SMILES string of the molecule is CN(C)CCNc1nn2ccccc2c1N=C1C=C(OCCO)C(=N)C=C1N. The smallest absolute Gasteiger partial charge is 0.175 e. The Balaban J connectivity index is 2.00. The Morgan fingerprint density at radius 1 is 1.36 bits per heavy atom. The van der Waals surface area contributed by atoms with Crippen LogP contribution in [0.25, 0.3) is 5.52 Å². The lowest BCUT2D eigenvalue weighted by Gasteiger charge is -2.15. The Hall–Kier alpha value is -3.17. The van der Waals surface area contributed by atoms with Crippen LogP contribution in [0.2, 0.25) is 0 Å². The largest absolute Gasteiger partial charge is 0.489 e. The summed E-state index contributed by atoms with van der Waals surface area (Å²) in [6, 6.07) is 5.75. The number of likely N-dealkylation sites (N-methyl/N-ethyl adjacent to an activating group) is 1. The Morgan fingerprint density at radius 2 is 2.18 bits per heavy atom. The predicted octanol–water partition coefficient (Wildman–Crippen LogP) is 1.15. The molecule has 0 unspecified atom stereocenters. The molecule has 0 spiro atoms. The summed E-state index contributed by atoms with van der Waals surface area (Å²) in [6.07, 6.45) is 4.97. The molecule has 9 heteroatoms. The fourth-order valence-corrected chi connectivity index (χ4v) is 2.69. The normalized spacial score (nSPS) is 15.9. The van der Waals surface area contributed by atoms with E-state index in [0.717, 1.165) is 12.1 Å². The Labute approximate surface area is 163 Å². The monoisotopic (exact) mass is 383 g/mol. The maximum absolute atomic E-state index is 8.97. The van der Waals surface area contributed by atoms with Crippen LogP contribution in [-0.4, -0.2) is 71.4 Å². The van der Waals surface area contributed by atoms with Gasteiger partial charge in [0.15, 0.2) is 5.82 Å². The molecule has 3 rings (SSSR count). The van der Waals surface area contributed by atoms with E-state index >= 15 is 0 Å². The Kier molecular flexibility index (Phi) is 6.07. The van der Waals surface area contributed by atoms with Gasteiger partial charge in [-0.05, 0) is 32.3 Å². The lowest BCUT2D eigenvalue weighted by atomic mass is 10.1. The van der Waals surface area contributed by atoms with E-state index in [1.807, 2.05) is 38.5 Å². The lowest BCUT2D eigenvalue weighted by Crippen LogP contribution is -2.21. The molecule has 0 amide bonds. The fourth-order valence-electron chi connectivity index (χ4n) is 2.69. The summed E-state index contributed by atoms with van der Waals surface area (Å²) in [4.78, 5) is 6.80. The maximum Gasteiger partial charge on any atom is 0.175 e. The number of anilines is 1. The van der Waals surface area contributed by atoms with Crippen LogP contribution in [0.4, 0.5) is 11.5 Å². The standard InChI is InChI=1S/C19H25N7O2/c1-25(2)8-6-22-19-18(16-5-3-4-7-26(16)24-19)23-15-12-17(28-10-9-27)14(21)11-13(15)20/h3-5,7,11-12,21,27H,6,8-10,20H2,1-2H3,(H,22,24). The van der Waals surface area contributed by atoms with E-state index in [0.29, 0.717) is 35.2 Å². The second-order valence-corrected chi connectivity index (χ2v) is 6.55. The van der Waals surface area contributed by atoms with E-state index in [4.69, 9.17) is 26.0 Å². The minimum Gasteiger partial charge on any atom is -0.489 e. The van der Waals surface area contributed by atoms with Crippen molar-refractivity contribution in [2.75, 3.05) is 45.7 Å². The second-order valence-electron chi connectivity index (χ2n) is 6.55. The number of aliphatic imine (C=N–C) groups is 1. The van der Waals surface area contributed by atoms with Gasteiger partial charge in [-0.1, -0.05) is 6.07 Å². The van der Waals surface area contributed by atoms with E-state index in [1.165, 1.54) is 6.08 Å². The summed E-state index contributed by atoms with van der Waals surface area (Å²) >= 11 is 0. The highest BCUT2D eigenvalue weighted by Crippen LogP contribution is 2.31. The zero-order chi connectivity index (χ0) is 20.1. The number of nitrogens with zero attached hydrogens (tertiary/aromatic N) is 4. The predicted molar refractivity (Wildman–Crippen MR) is 110 cm³/mol. The molecular weight excluding hydrogens is 358 g/mol. The minimum absolute atomic E-state index is 0.100. The van der Waals surface area contributed by atoms with Crippen LogP contribution in [0.15, 0.2) is 53.0 Å². The summed E-state index contributed by atoms with van der Waals surface area (Å²) in [5.74, 6) is 0.973. The first-order valence-corrected chi connectivity index (χ1v) is 8.96. The molecule has 2 aromatic rings. The minimum atomic E-state index is -0.135. The molecule has 0 saturated heterocycles. The van der Waals surface area contributed by atoms with Crippen molar-refractivity contribution in [3.63, 3.8) is 0 Å². The molecule has 1 aliphatic rings. The van der Waals surface area contributed by atoms with Gasteiger partial charge < -0.3 is 25.8 Å². The highest BCUT2D eigenvalue weighted by atomic mass is 16.5. The highest BCUT2D eigenvalue weighted by molar-refractivity contribution is 6.22. The molecule has 2 heterocycles. The van der Waals surface area contributed by atoms with Crippen molar-refractivity contribution in [2.24, 2.45) is 10.7 Å². The van der Waals surface area contributed by atoms with Gasteiger partial charge in [0.1, 0.15) is 18.1 Å². The number of aliphatic hydroxyl groups excluding tert-OH is 1. The molecule has 0 aromatic carbocycles. The number of aromatic nitrogens is 2. The van der Waals surface area contributed by atoms with Crippen molar-refractivity contribution in [3.8, 4) is 0 Å². The molecule has 0 radical (unpaired) electrons. The van der Waals surface area contributed by atoms with Gasteiger partial charge in [0.25, 0.3) is 0 Å². The van der Waals surface area contributed by atoms with Crippen LogP contribution in [-0.2, 0) is 4.74 Å². The summed E-state index contributed by atoms with van der Waals surface area (Å²) in [5.41, 5.74) is 8.60. The van der Waals surface area contributed by atoms with E-state index < -0.39 is 0 Å². The number of hydrogen-bond donors (Lipinski definition) is 4. The van der Waals surface area contributed by atoms with Crippen molar-refractivity contribution in [1.82, 2.24) is 14.5 Å². The van der Waals surface area contributed by atoms with Crippen LogP contribution in [0.3, 0.4) is 0 Å². The van der Waals surface area contributed by atoms with Gasteiger partial charge in [-0.25, -0.2) is 9.51 Å². The van der Waals surface area contributed by atoms with Gasteiger partial charge in [0, 0.05) is 25.4 Å². The molecule has 9 nitrogen and oxygen atoms in total. The number of fused-ring (bicyclic) bond motifs is 1. The molecule has 28 heavy (non-hydrogen) atoms. The molecule has 0 atom stereocenters. The number of nitrogens with two attached hydrogens (primary N) is 1. The second kappa shape index (κ2) is 8.68. The third-order valence-electron chi connectivity index (χ3n) is 4.08. The quantitative estimate of drug-likeness (QED) is 0.507. The first kappa shape index (κ1) is 19.6. The number of nitrogens with one attached hydrogen (secondary N) is 2. The van der Waals surface area contributed by atoms with Gasteiger partial charge in [-0.3, -0.25) is 5.41 Å². The van der Waals surface area contributed by atoms with Crippen molar-refractivity contribution >= 4 is 28.4 Å². The average Bonchev–Trinajstić information content (AvgIpc) is 3.00. The summed E-state index contributed by atoms with van der Waals surface area (Å²) in [6.45, 7) is 1.53. The number of pyridine rings is 1. The van der Waals surface area contributed by atoms with Gasteiger partial charge in [0.2, 0.25) is 0 Å². The van der Waals surface area contributed by atoms with Crippen molar-refractivity contribution < 1.29 is 9.84 Å². The molecule has 0 bridgehead atoms. The molecule has 0 fully saturated rings. The maximum atomic E-state index is 8.97. The summed E-state index contributed by atoms with van der Waals surface area (Å²) in [5, 5.41) is 24.8. The lowest BCUT2D eigenvalue weighted by molar-refractivity contribution is 0.156. The molecular formula is C19H25N7O2. The fraction of sp³-hybridized carbons (Fsp3) is 0.316. The Morgan fingerprint density at radius 3 is 2.93 bits per heavy atom. The average molecular weight is 383 g/mol. The molecule has 148 valence electrons. The van der Waals surface area contributed by atoms with Gasteiger partial charge >= 0.3 is 0 Å². The third kappa shape index (κ3) is 4.38. The van der Waals surface area contributed by atoms with Gasteiger partial charge in [-0.2, -0.15) is 0 Å². The first-order chi connectivity index (χ1) is 13.5. The molecule has 0 aliphatic heterocycles. The number of allylic oxidation sites excluding steroid dienone is 2. The highest BCUT2D eigenvalue weighted by Gasteiger charge is 2.18. The van der Waals surface area contributed by atoms with Crippen molar-refractivity contribution in [3.05, 3.63) is 48.0 Å². The molecule has 1 aliphatic carbocycles. The topological polar surface area (TPSA) is 124 Å². The van der Waals surface area contributed by atoms with Crippen LogP contribution in [0, 0.1) is 5.41 Å². The van der Waals surface area contributed by atoms with Crippen molar-refractivity contribution in [1.29, 1.82) is 5.41 Å². The third-order valence-corrected chi connectivity index (χ3v) is 4.08. The molecule has 2 aromatic heterocycles. The summed E-state index contributed by atoms with van der Waals surface area (Å²) < 4.78 is 7.17. The zero-order valence-corrected chi connectivity index (χ0v) is 16.0. The van der Waals surface area contributed by atoms with E-state index in [9.17, 15) is 0 Å². The number of aliphatic hydroxyl groups is 1. The molecule has 5 N–H and O–H groups in total. The number of hydrogen-bond acceptors (Lipinski definition) is 8.